The lowest BCUT2D eigenvalue weighted by molar-refractivity contribution is 0.251. The molecule has 3 nitrogen and oxygen atoms in total. The highest BCUT2D eigenvalue weighted by atomic mass is 32.2. The Morgan fingerprint density at radius 1 is 1.44 bits per heavy atom. The Morgan fingerprint density at radius 3 is 2.94 bits per heavy atom. The second-order valence-electron chi connectivity index (χ2n) is 5.06. The van der Waals surface area contributed by atoms with Crippen LogP contribution in [0.5, 0.6) is 0 Å². The van der Waals surface area contributed by atoms with Crippen LogP contribution in [0.25, 0.3) is 0 Å². The van der Waals surface area contributed by atoms with Gasteiger partial charge in [-0.3, -0.25) is 4.90 Å². The average molecular weight is 268 g/mol. The van der Waals surface area contributed by atoms with Gasteiger partial charge in [0, 0.05) is 17.4 Å². The first-order valence-corrected chi connectivity index (χ1v) is 8.05. The molecule has 1 aromatic heterocycles. The van der Waals surface area contributed by atoms with Crippen LogP contribution in [0, 0.1) is 6.92 Å². The normalized spacial score (nSPS) is 22.1. The number of aryl methyl sites for hydroxylation is 1. The molecule has 0 radical (unpaired) electrons. The summed E-state index contributed by atoms with van der Waals surface area (Å²) >= 11 is 2.01. The van der Waals surface area contributed by atoms with Crippen molar-refractivity contribution in [1.82, 2.24) is 4.90 Å². The molecule has 1 aliphatic heterocycles. The molecule has 1 aromatic rings. The van der Waals surface area contributed by atoms with Crippen LogP contribution < -0.4 is 5.73 Å². The van der Waals surface area contributed by atoms with Gasteiger partial charge in [0.05, 0.1) is 6.54 Å². The van der Waals surface area contributed by atoms with Gasteiger partial charge in [-0.2, -0.15) is 11.8 Å². The molecule has 1 fully saturated rings. The van der Waals surface area contributed by atoms with Gasteiger partial charge in [0.25, 0.3) is 0 Å². The van der Waals surface area contributed by atoms with Gasteiger partial charge in [0.2, 0.25) is 0 Å². The van der Waals surface area contributed by atoms with Crippen molar-refractivity contribution in [2.24, 2.45) is 5.73 Å². The Balaban J connectivity index is 1.92. The highest BCUT2D eigenvalue weighted by Crippen LogP contribution is 2.23. The van der Waals surface area contributed by atoms with Crippen molar-refractivity contribution in [3.05, 3.63) is 23.2 Å². The van der Waals surface area contributed by atoms with E-state index in [4.69, 9.17) is 10.2 Å². The standard InChI is InChI=1S/C14H24N2OS/c1-11-12(9-15)8-13(17-11)10-16-6-3-4-14(18-2)5-7-16/h8,14H,3-7,9-10,15H2,1-2H3. The molecule has 1 aliphatic rings. The number of nitrogens with two attached hydrogens (primary N) is 1. The summed E-state index contributed by atoms with van der Waals surface area (Å²) in [5.41, 5.74) is 6.82. The molecule has 102 valence electrons. The number of hydrogen-bond donors (Lipinski definition) is 1. The van der Waals surface area contributed by atoms with E-state index in [0.29, 0.717) is 6.54 Å². The molecule has 0 aliphatic carbocycles. The lowest BCUT2D eigenvalue weighted by Crippen LogP contribution is -2.24. The summed E-state index contributed by atoms with van der Waals surface area (Å²) in [5, 5.41) is 0.841. The number of likely N-dealkylation sites (tertiary alicyclic amines) is 1. The van der Waals surface area contributed by atoms with Crippen LogP contribution in [0.3, 0.4) is 0 Å². The van der Waals surface area contributed by atoms with Crippen LogP contribution >= 0.6 is 11.8 Å². The third kappa shape index (κ3) is 3.53. The number of hydrogen-bond acceptors (Lipinski definition) is 4. The average Bonchev–Trinajstić information content (AvgIpc) is 2.59. The SMILES string of the molecule is CSC1CCCN(Cc2cc(CN)c(C)o2)CC1. The largest absolute Gasteiger partial charge is 0.465 e. The zero-order valence-corrected chi connectivity index (χ0v) is 12.3. The maximum atomic E-state index is 5.78. The van der Waals surface area contributed by atoms with Gasteiger partial charge >= 0.3 is 0 Å². The van der Waals surface area contributed by atoms with E-state index >= 15 is 0 Å². The summed E-state index contributed by atoms with van der Waals surface area (Å²) in [6.07, 6.45) is 6.17. The van der Waals surface area contributed by atoms with Gasteiger partial charge < -0.3 is 10.2 Å². The molecule has 0 bridgehead atoms. The van der Waals surface area contributed by atoms with E-state index < -0.39 is 0 Å². The first-order chi connectivity index (χ1) is 8.72. The van der Waals surface area contributed by atoms with E-state index in [1.165, 1.54) is 32.4 Å². The molecule has 2 rings (SSSR count). The number of furan rings is 1. The minimum Gasteiger partial charge on any atom is -0.465 e. The van der Waals surface area contributed by atoms with Crippen molar-refractivity contribution in [2.75, 3.05) is 19.3 Å². The van der Waals surface area contributed by atoms with E-state index in [1.54, 1.807) is 0 Å². The van der Waals surface area contributed by atoms with E-state index in [-0.39, 0.29) is 0 Å². The molecule has 0 aromatic carbocycles. The van der Waals surface area contributed by atoms with E-state index in [9.17, 15) is 0 Å². The molecular formula is C14H24N2OS. The van der Waals surface area contributed by atoms with Gasteiger partial charge in [-0.25, -0.2) is 0 Å². The second-order valence-corrected chi connectivity index (χ2v) is 6.20. The minimum absolute atomic E-state index is 0.573. The molecule has 2 N–H and O–H groups in total. The minimum atomic E-state index is 0.573. The van der Waals surface area contributed by atoms with E-state index in [2.05, 4.69) is 17.2 Å². The van der Waals surface area contributed by atoms with Crippen LogP contribution in [0.4, 0.5) is 0 Å². The Kier molecular flexibility index (Phi) is 5.15. The quantitative estimate of drug-likeness (QED) is 0.912. The van der Waals surface area contributed by atoms with E-state index in [0.717, 1.165) is 28.9 Å². The zero-order chi connectivity index (χ0) is 13.0. The van der Waals surface area contributed by atoms with Gasteiger partial charge in [-0.1, -0.05) is 0 Å². The molecule has 1 atom stereocenters. The predicted molar refractivity (Wildman–Crippen MR) is 77.8 cm³/mol. The number of rotatable bonds is 4. The third-order valence-corrected chi connectivity index (χ3v) is 4.91. The fraction of sp³-hybridized carbons (Fsp3) is 0.714. The van der Waals surface area contributed by atoms with Crippen molar-refractivity contribution in [3.8, 4) is 0 Å². The smallest absolute Gasteiger partial charge is 0.118 e. The number of nitrogens with zero attached hydrogens (tertiary/aromatic N) is 1. The molecular weight excluding hydrogens is 244 g/mol. The van der Waals surface area contributed by atoms with Crippen LogP contribution in [0.15, 0.2) is 10.5 Å². The Morgan fingerprint density at radius 2 is 2.28 bits per heavy atom. The summed E-state index contributed by atoms with van der Waals surface area (Å²) in [4.78, 5) is 2.51. The van der Waals surface area contributed by atoms with Gasteiger partial charge in [0.1, 0.15) is 11.5 Å². The Hall–Kier alpha value is -0.450. The summed E-state index contributed by atoms with van der Waals surface area (Å²) in [6, 6.07) is 2.12. The van der Waals surface area contributed by atoms with E-state index in [1.807, 2.05) is 18.7 Å². The summed E-state index contributed by atoms with van der Waals surface area (Å²) < 4.78 is 5.78. The van der Waals surface area contributed by atoms with Crippen LogP contribution in [-0.2, 0) is 13.1 Å². The summed E-state index contributed by atoms with van der Waals surface area (Å²) in [5.74, 6) is 2.04. The molecule has 1 saturated heterocycles. The molecule has 1 unspecified atom stereocenters. The van der Waals surface area contributed by atoms with Crippen molar-refractivity contribution in [1.29, 1.82) is 0 Å². The van der Waals surface area contributed by atoms with Crippen LogP contribution in [-0.4, -0.2) is 29.5 Å². The molecule has 18 heavy (non-hydrogen) atoms. The summed E-state index contributed by atoms with van der Waals surface area (Å²) in [6.45, 7) is 5.88. The van der Waals surface area contributed by atoms with Crippen LogP contribution in [0.1, 0.15) is 36.3 Å². The molecule has 0 spiro atoms. The highest BCUT2D eigenvalue weighted by molar-refractivity contribution is 7.99. The van der Waals surface area contributed by atoms with Gasteiger partial charge in [0.15, 0.2) is 0 Å². The molecule has 2 heterocycles. The predicted octanol–water partition coefficient (Wildman–Crippen LogP) is 2.76. The topological polar surface area (TPSA) is 42.4 Å². The Bertz CT molecular complexity index is 378. The number of thioether (sulfide) groups is 1. The van der Waals surface area contributed by atoms with Crippen molar-refractivity contribution < 1.29 is 4.42 Å². The molecule has 0 amide bonds. The van der Waals surface area contributed by atoms with Gasteiger partial charge in [-0.15, -0.1) is 0 Å². The lowest BCUT2D eigenvalue weighted by atomic mass is 10.2. The fourth-order valence-corrected chi connectivity index (χ4v) is 3.35. The second kappa shape index (κ2) is 6.64. The third-order valence-electron chi connectivity index (χ3n) is 3.77. The molecule has 0 saturated carbocycles. The Labute approximate surface area is 114 Å². The highest BCUT2D eigenvalue weighted by Gasteiger charge is 2.17. The maximum Gasteiger partial charge on any atom is 0.118 e. The van der Waals surface area contributed by atoms with Crippen molar-refractivity contribution >= 4 is 11.8 Å². The first-order valence-electron chi connectivity index (χ1n) is 6.76. The van der Waals surface area contributed by atoms with Crippen molar-refractivity contribution in [2.45, 2.75) is 44.5 Å². The van der Waals surface area contributed by atoms with Gasteiger partial charge in [-0.05, 0) is 51.6 Å². The van der Waals surface area contributed by atoms with Crippen molar-refractivity contribution in [3.63, 3.8) is 0 Å². The maximum absolute atomic E-state index is 5.78. The first kappa shape index (κ1) is 14.0. The fourth-order valence-electron chi connectivity index (χ4n) is 2.61. The lowest BCUT2D eigenvalue weighted by Gasteiger charge is -2.18. The monoisotopic (exact) mass is 268 g/mol. The molecule has 4 heteroatoms. The van der Waals surface area contributed by atoms with Crippen LogP contribution in [0.2, 0.25) is 0 Å². The zero-order valence-electron chi connectivity index (χ0n) is 11.4. The summed E-state index contributed by atoms with van der Waals surface area (Å²) in [7, 11) is 0.